The average molecular weight is 178 g/mol. The van der Waals surface area contributed by atoms with Gasteiger partial charge in [0.15, 0.2) is 0 Å². The lowest BCUT2D eigenvalue weighted by Gasteiger charge is -2.00. The second-order valence-corrected chi connectivity index (χ2v) is 2.60. The van der Waals surface area contributed by atoms with Gasteiger partial charge in [0.05, 0.1) is 0 Å². The third kappa shape index (κ3) is 2.94. The van der Waals surface area contributed by atoms with Gasteiger partial charge in [0.2, 0.25) is 0 Å². The Morgan fingerprint density at radius 1 is 1.46 bits per heavy atom. The Labute approximate surface area is 75.9 Å². The van der Waals surface area contributed by atoms with Gasteiger partial charge in [-0.1, -0.05) is 22.9 Å². The molecule has 4 nitrogen and oxygen atoms in total. The van der Waals surface area contributed by atoms with Gasteiger partial charge in [-0.15, -0.1) is 0 Å². The molecule has 13 heavy (non-hydrogen) atoms. The number of hydrogen-bond donors (Lipinski definition) is 2. The van der Waals surface area contributed by atoms with Crippen LogP contribution >= 0.6 is 0 Å². The van der Waals surface area contributed by atoms with Gasteiger partial charge in [-0.2, -0.15) is 0 Å². The predicted molar refractivity (Wildman–Crippen MR) is 50.1 cm³/mol. The number of carbonyl (C=O) groups is 1. The van der Waals surface area contributed by atoms with Crippen molar-refractivity contribution >= 4 is 17.8 Å². The Morgan fingerprint density at radius 3 is 2.62 bits per heavy atom. The molecule has 0 heterocycles. The van der Waals surface area contributed by atoms with Crippen molar-refractivity contribution in [2.24, 2.45) is 5.16 Å². The van der Waals surface area contributed by atoms with E-state index in [2.05, 4.69) is 10.5 Å². The highest BCUT2D eigenvalue weighted by Gasteiger charge is 1.96. The summed E-state index contributed by atoms with van der Waals surface area (Å²) < 4.78 is 0. The molecule has 0 saturated carbocycles. The molecule has 0 unspecified atom stereocenters. The smallest absolute Gasteiger partial charge is 0.270 e. The number of hydrogen-bond acceptors (Lipinski definition) is 3. The van der Waals surface area contributed by atoms with Gasteiger partial charge >= 0.3 is 0 Å². The number of rotatable bonds is 2. The van der Waals surface area contributed by atoms with Crippen molar-refractivity contribution in [3.63, 3.8) is 0 Å². The summed E-state index contributed by atoms with van der Waals surface area (Å²) in [6.07, 6.45) is 0.805. The highest BCUT2D eigenvalue weighted by molar-refractivity contribution is 6.31. The van der Waals surface area contributed by atoms with Crippen molar-refractivity contribution in [1.82, 2.24) is 0 Å². The molecule has 0 radical (unpaired) electrons. The van der Waals surface area contributed by atoms with Crippen LogP contribution in [-0.4, -0.2) is 17.3 Å². The second-order valence-electron chi connectivity index (χ2n) is 2.60. The lowest BCUT2D eigenvalue weighted by Crippen LogP contribution is -2.12. The first kappa shape index (κ1) is 9.25. The Morgan fingerprint density at radius 2 is 2.08 bits per heavy atom. The topological polar surface area (TPSA) is 61.7 Å². The van der Waals surface area contributed by atoms with E-state index in [1.54, 1.807) is 12.1 Å². The summed E-state index contributed by atoms with van der Waals surface area (Å²) in [7, 11) is 0. The first-order chi connectivity index (χ1) is 6.22. The maximum atomic E-state index is 10.9. The minimum atomic E-state index is -0.452. The van der Waals surface area contributed by atoms with Crippen molar-refractivity contribution < 1.29 is 10.0 Å². The van der Waals surface area contributed by atoms with Crippen molar-refractivity contribution in [1.29, 1.82) is 0 Å². The molecule has 1 aromatic rings. The van der Waals surface area contributed by atoms with Gasteiger partial charge in [-0.05, 0) is 19.1 Å². The molecule has 0 spiro atoms. The summed E-state index contributed by atoms with van der Waals surface area (Å²) in [6, 6.07) is 7.31. The predicted octanol–water partition coefficient (Wildman–Crippen LogP) is 1.39. The van der Waals surface area contributed by atoms with Gasteiger partial charge in [0.25, 0.3) is 5.91 Å². The lowest BCUT2D eigenvalue weighted by atomic mass is 10.2. The zero-order valence-electron chi connectivity index (χ0n) is 7.19. The standard InChI is InChI=1S/C9H10N2O2/c1-7-2-4-8(5-3-7)11-9(12)6-10-13/h2-6,13H,1H3,(H,11,12)/b10-6-. The summed E-state index contributed by atoms with van der Waals surface area (Å²) in [4.78, 5) is 10.9. The second kappa shape index (κ2) is 4.25. The maximum absolute atomic E-state index is 10.9. The van der Waals surface area contributed by atoms with Crippen molar-refractivity contribution in [2.45, 2.75) is 6.92 Å². The van der Waals surface area contributed by atoms with Crippen LogP contribution in [0.4, 0.5) is 5.69 Å². The highest BCUT2D eigenvalue weighted by atomic mass is 16.4. The fourth-order valence-corrected chi connectivity index (χ4v) is 0.864. The van der Waals surface area contributed by atoms with Crippen LogP contribution in [0.3, 0.4) is 0 Å². The van der Waals surface area contributed by atoms with Crippen LogP contribution in [0.1, 0.15) is 5.56 Å². The quantitative estimate of drug-likeness (QED) is 0.408. The number of carbonyl (C=O) groups excluding carboxylic acids is 1. The van der Waals surface area contributed by atoms with Crippen LogP contribution in [0.15, 0.2) is 29.4 Å². The van der Waals surface area contributed by atoms with Gasteiger partial charge < -0.3 is 10.5 Å². The van der Waals surface area contributed by atoms with Crippen LogP contribution < -0.4 is 5.32 Å². The summed E-state index contributed by atoms with van der Waals surface area (Å²) in [5, 5.41) is 13.2. The van der Waals surface area contributed by atoms with E-state index >= 15 is 0 Å². The Balaban J connectivity index is 2.64. The number of benzene rings is 1. The van der Waals surface area contributed by atoms with Crippen LogP contribution in [0.2, 0.25) is 0 Å². The molecule has 1 rings (SSSR count). The molecule has 68 valence electrons. The molecule has 1 amide bonds. The molecule has 1 aromatic carbocycles. The van der Waals surface area contributed by atoms with Gasteiger partial charge in [-0.3, -0.25) is 4.79 Å². The molecule has 0 aliphatic heterocycles. The van der Waals surface area contributed by atoms with E-state index in [4.69, 9.17) is 5.21 Å². The summed E-state index contributed by atoms with van der Waals surface area (Å²) in [5.74, 6) is -0.452. The third-order valence-corrected chi connectivity index (χ3v) is 1.49. The highest BCUT2D eigenvalue weighted by Crippen LogP contribution is 2.07. The van der Waals surface area contributed by atoms with Gasteiger partial charge in [0.1, 0.15) is 6.21 Å². The van der Waals surface area contributed by atoms with E-state index in [1.807, 2.05) is 19.1 Å². The molecule has 0 fully saturated rings. The Kier molecular flexibility index (Phi) is 3.03. The zero-order valence-corrected chi connectivity index (χ0v) is 7.19. The lowest BCUT2D eigenvalue weighted by molar-refractivity contribution is -0.110. The number of aryl methyl sites for hydroxylation is 1. The summed E-state index contributed by atoms with van der Waals surface area (Å²) in [5.41, 5.74) is 1.80. The first-order valence-corrected chi connectivity index (χ1v) is 3.77. The van der Waals surface area contributed by atoms with E-state index in [0.717, 1.165) is 11.8 Å². The van der Waals surface area contributed by atoms with Crippen LogP contribution in [0.5, 0.6) is 0 Å². The van der Waals surface area contributed by atoms with Crippen molar-refractivity contribution in [2.75, 3.05) is 5.32 Å². The molecule has 0 aliphatic carbocycles. The fourth-order valence-electron chi connectivity index (χ4n) is 0.864. The molecule has 0 aromatic heterocycles. The molecule has 0 bridgehead atoms. The van der Waals surface area contributed by atoms with E-state index in [0.29, 0.717) is 5.69 Å². The van der Waals surface area contributed by atoms with Crippen molar-refractivity contribution in [3.8, 4) is 0 Å². The van der Waals surface area contributed by atoms with Crippen LogP contribution in [-0.2, 0) is 4.79 Å². The minimum Gasteiger partial charge on any atom is -0.411 e. The molecular formula is C9H10N2O2. The monoisotopic (exact) mass is 178 g/mol. The minimum absolute atomic E-state index is 0.452. The Hall–Kier alpha value is -1.84. The van der Waals surface area contributed by atoms with Gasteiger partial charge in [-0.25, -0.2) is 0 Å². The molecule has 0 aliphatic rings. The van der Waals surface area contributed by atoms with Gasteiger partial charge in [0, 0.05) is 5.69 Å². The van der Waals surface area contributed by atoms with Crippen molar-refractivity contribution in [3.05, 3.63) is 29.8 Å². The number of amides is 1. The summed E-state index contributed by atoms with van der Waals surface area (Å²) >= 11 is 0. The van der Waals surface area contributed by atoms with Crippen LogP contribution in [0.25, 0.3) is 0 Å². The largest absolute Gasteiger partial charge is 0.411 e. The molecule has 2 N–H and O–H groups in total. The molecular weight excluding hydrogens is 168 g/mol. The number of nitrogens with one attached hydrogen (secondary N) is 1. The van der Waals surface area contributed by atoms with E-state index in [-0.39, 0.29) is 0 Å². The fraction of sp³-hybridized carbons (Fsp3) is 0.111. The maximum Gasteiger partial charge on any atom is 0.270 e. The van der Waals surface area contributed by atoms with E-state index in [1.165, 1.54) is 0 Å². The number of anilines is 1. The first-order valence-electron chi connectivity index (χ1n) is 3.77. The Bertz CT molecular complexity index is 317. The van der Waals surface area contributed by atoms with E-state index < -0.39 is 5.91 Å². The number of oxime groups is 1. The molecule has 0 atom stereocenters. The summed E-state index contributed by atoms with van der Waals surface area (Å²) in [6.45, 7) is 1.96. The average Bonchev–Trinajstić information content (AvgIpc) is 2.09. The molecule has 4 heteroatoms. The van der Waals surface area contributed by atoms with Crippen LogP contribution in [0, 0.1) is 6.92 Å². The third-order valence-electron chi connectivity index (χ3n) is 1.49. The number of nitrogens with zero attached hydrogens (tertiary/aromatic N) is 1. The molecule has 0 saturated heterocycles. The normalized spacial score (nSPS) is 10.2. The zero-order chi connectivity index (χ0) is 9.68. The SMILES string of the molecule is Cc1ccc(NC(=O)/C=N\O)cc1. The van der Waals surface area contributed by atoms with E-state index in [9.17, 15) is 4.79 Å².